The first kappa shape index (κ1) is 18.9. The number of aliphatic hydroxyl groups is 1. The number of para-hydroxylation sites is 1. The number of hydrogen-bond acceptors (Lipinski definition) is 4. The van der Waals surface area contributed by atoms with E-state index < -0.39 is 0 Å². The number of carbonyl (C=O) groups is 1. The van der Waals surface area contributed by atoms with Crippen LogP contribution in [0.1, 0.15) is 26.7 Å². The molecule has 0 spiro atoms. The quantitative estimate of drug-likeness (QED) is 0.608. The lowest BCUT2D eigenvalue weighted by molar-refractivity contribution is -0.117. The number of aromatic nitrogens is 2. The maximum atomic E-state index is 12.6. The predicted octanol–water partition coefficient (Wildman–Crippen LogP) is 5.44. The first-order valence-corrected chi connectivity index (χ1v) is 9.63. The minimum atomic E-state index is -0.237. The number of rotatable bonds is 4. The Hall–Kier alpha value is -3.47. The molecule has 0 saturated heterocycles. The van der Waals surface area contributed by atoms with Crippen molar-refractivity contribution in [3.63, 3.8) is 0 Å². The maximum absolute atomic E-state index is 12.6. The van der Waals surface area contributed by atoms with Crippen LogP contribution < -0.4 is 0 Å². The molecule has 0 aliphatic heterocycles. The van der Waals surface area contributed by atoms with Gasteiger partial charge in [-0.3, -0.25) is 4.79 Å². The van der Waals surface area contributed by atoms with Crippen molar-refractivity contribution < 1.29 is 9.90 Å². The Kier molecular flexibility index (Phi) is 4.89. The van der Waals surface area contributed by atoms with Crippen LogP contribution in [0.4, 0.5) is 5.82 Å². The Bertz CT molecular complexity index is 1040. The summed E-state index contributed by atoms with van der Waals surface area (Å²) in [5.74, 6) is 0.622. The molecule has 5 heteroatoms. The molecule has 146 valence electrons. The Morgan fingerprint density at radius 3 is 2.34 bits per heavy atom. The van der Waals surface area contributed by atoms with Crippen LogP contribution in [-0.2, 0) is 4.79 Å². The highest BCUT2D eigenvalue weighted by molar-refractivity contribution is 6.15. The van der Waals surface area contributed by atoms with Crippen LogP contribution in [0.2, 0.25) is 0 Å². The number of ketones is 1. The second kappa shape index (κ2) is 7.51. The minimum Gasteiger partial charge on any atom is -0.511 e. The van der Waals surface area contributed by atoms with Gasteiger partial charge in [0, 0.05) is 24.6 Å². The van der Waals surface area contributed by atoms with Crippen molar-refractivity contribution in [3.05, 3.63) is 78.2 Å². The molecule has 0 fully saturated rings. The summed E-state index contributed by atoms with van der Waals surface area (Å²) in [7, 11) is 0. The standard InChI is InChI=1S/C24H23N3O2/c1-24(2)13-21(28)20(22(29)14-24)15-25-23-19(17-9-5-3-6-10-17)16-26-27(23)18-11-7-4-8-12-18/h3-12,15-16,28H,13-14H2,1-2H3. The van der Waals surface area contributed by atoms with Gasteiger partial charge in [0.25, 0.3) is 0 Å². The van der Waals surface area contributed by atoms with E-state index in [1.807, 2.05) is 74.5 Å². The maximum Gasteiger partial charge on any atom is 0.168 e. The summed E-state index contributed by atoms with van der Waals surface area (Å²) in [5.41, 5.74) is 2.75. The van der Waals surface area contributed by atoms with Crippen LogP contribution in [0.15, 0.2) is 83.2 Å². The third kappa shape index (κ3) is 3.90. The molecule has 3 aromatic rings. The molecule has 5 nitrogen and oxygen atoms in total. The summed E-state index contributed by atoms with van der Waals surface area (Å²) >= 11 is 0. The molecule has 0 radical (unpaired) electrons. The van der Waals surface area contributed by atoms with Crippen LogP contribution in [0.5, 0.6) is 0 Å². The molecule has 1 aliphatic rings. The van der Waals surface area contributed by atoms with Gasteiger partial charge in [-0.15, -0.1) is 0 Å². The van der Waals surface area contributed by atoms with Gasteiger partial charge in [-0.2, -0.15) is 5.10 Å². The lowest BCUT2D eigenvalue weighted by Gasteiger charge is -2.28. The van der Waals surface area contributed by atoms with Gasteiger partial charge in [0.1, 0.15) is 5.76 Å². The molecule has 4 rings (SSSR count). The zero-order chi connectivity index (χ0) is 20.4. The average molecular weight is 385 g/mol. The van der Waals surface area contributed by atoms with Gasteiger partial charge in [0.2, 0.25) is 0 Å². The van der Waals surface area contributed by atoms with Gasteiger partial charge in [0.05, 0.1) is 17.5 Å². The van der Waals surface area contributed by atoms with Crippen LogP contribution in [0, 0.1) is 5.41 Å². The molecule has 1 aromatic heterocycles. The molecule has 0 atom stereocenters. The van der Waals surface area contributed by atoms with E-state index in [-0.39, 0.29) is 22.5 Å². The number of carbonyl (C=O) groups excluding carboxylic acids is 1. The summed E-state index contributed by atoms with van der Waals surface area (Å²) in [6, 6.07) is 19.6. The van der Waals surface area contributed by atoms with E-state index in [1.54, 1.807) is 10.9 Å². The van der Waals surface area contributed by atoms with Gasteiger partial charge in [-0.05, 0) is 23.1 Å². The minimum absolute atomic E-state index is 0.0884. The molecule has 0 amide bonds. The van der Waals surface area contributed by atoms with Crippen LogP contribution in [0.3, 0.4) is 0 Å². The lowest BCUT2D eigenvalue weighted by Crippen LogP contribution is -2.26. The van der Waals surface area contributed by atoms with Crippen molar-refractivity contribution in [1.29, 1.82) is 0 Å². The van der Waals surface area contributed by atoms with E-state index in [2.05, 4.69) is 10.1 Å². The Labute approximate surface area is 170 Å². The van der Waals surface area contributed by atoms with E-state index in [0.29, 0.717) is 18.7 Å². The summed E-state index contributed by atoms with van der Waals surface area (Å²) < 4.78 is 1.74. The molecule has 0 saturated carbocycles. The normalized spacial score (nSPS) is 16.6. The number of nitrogens with zero attached hydrogens (tertiary/aromatic N) is 3. The second-order valence-electron chi connectivity index (χ2n) is 8.05. The molecule has 29 heavy (non-hydrogen) atoms. The van der Waals surface area contributed by atoms with E-state index in [4.69, 9.17) is 0 Å². The van der Waals surface area contributed by atoms with E-state index in [0.717, 1.165) is 16.8 Å². The third-order valence-corrected chi connectivity index (χ3v) is 5.04. The predicted molar refractivity (Wildman–Crippen MR) is 115 cm³/mol. The fourth-order valence-electron chi connectivity index (χ4n) is 3.62. The van der Waals surface area contributed by atoms with Gasteiger partial charge in [-0.25, -0.2) is 9.67 Å². The first-order valence-electron chi connectivity index (χ1n) is 9.63. The van der Waals surface area contributed by atoms with E-state index in [1.165, 1.54) is 6.21 Å². The number of aliphatic hydroxyl groups excluding tert-OH is 1. The largest absolute Gasteiger partial charge is 0.511 e. The number of benzene rings is 2. The fraction of sp³-hybridized carbons (Fsp3) is 0.208. The number of hydrogen-bond donors (Lipinski definition) is 1. The number of Topliss-reactive ketones (excluding diaryl/α,β-unsaturated/α-hetero) is 1. The summed E-state index contributed by atoms with van der Waals surface area (Å²) in [5, 5.41) is 14.9. The number of allylic oxidation sites excluding steroid dienone is 2. The molecule has 1 N–H and O–H groups in total. The molecule has 0 bridgehead atoms. The summed E-state index contributed by atoms with van der Waals surface area (Å²) in [6.07, 6.45) is 4.11. The molecule has 0 unspecified atom stereocenters. The van der Waals surface area contributed by atoms with Crippen LogP contribution >= 0.6 is 0 Å². The van der Waals surface area contributed by atoms with E-state index >= 15 is 0 Å². The van der Waals surface area contributed by atoms with Crippen molar-refractivity contribution >= 4 is 17.8 Å². The summed E-state index contributed by atoms with van der Waals surface area (Å²) in [6.45, 7) is 3.96. The Morgan fingerprint density at radius 2 is 1.69 bits per heavy atom. The number of aliphatic imine (C=N–C) groups is 1. The lowest BCUT2D eigenvalue weighted by atomic mass is 9.77. The van der Waals surface area contributed by atoms with Crippen molar-refractivity contribution in [2.75, 3.05) is 0 Å². The second-order valence-corrected chi connectivity index (χ2v) is 8.05. The van der Waals surface area contributed by atoms with Gasteiger partial charge < -0.3 is 5.11 Å². The van der Waals surface area contributed by atoms with Crippen LogP contribution in [0.25, 0.3) is 16.8 Å². The molecule has 1 heterocycles. The van der Waals surface area contributed by atoms with Crippen molar-refractivity contribution in [2.24, 2.45) is 10.4 Å². The highest BCUT2D eigenvalue weighted by Crippen LogP contribution is 2.36. The highest BCUT2D eigenvalue weighted by atomic mass is 16.3. The van der Waals surface area contributed by atoms with Gasteiger partial charge >= 0.3 is 0 Å². The molecule has 1 aliphatic carbocycles. The fourth-order valence-corrected chi connectivity index (χ4v) is 3.62. The van der Waals surface area contributed by atoms with Gasteiger partial charge in [0.15, 0.2) is 11.6 Å². The Balaban J connectivity index is 1.81. The smallest absolute Gasteiger partial charge is 0.168 e. The summed E-state index contributed by atoms with van der Waals surface area (Å²) in [4.78, 5) is 17.2. The van der Waals surface area contributed by atoms with Crippen molar-refractivity contribution in [1.82, 2.24) is 9.78 Å². The first-order chi connectivity index (χ1) is 13.9. The molecular weight excluding hydrogens is 362 g/mol. The Morgan fingerprint density at radius 1 is 1.03 bits per heavy atom. The third-order valence-electron chi connectivity index (χ3n) is 5.04. The van der Waals surface area contributed by atoms with Crippen molar-refractivity contribution in [3.8, 4) is 16.8 Å². The molecular formula is C24H23N3O2. The van der Waals surface area contributed by atoms with Crippen LogP contribution in [-0.4, -0.2) is 26.9 Å². The highest BCUT2D eigenvalue weighted by Gasteiger charge is 2.32. The van der Waals surface area contributed by atoms with E-state index in [9.17, 15) is 9.90 Å². The molecule has 2 aromatic carbocycles. The zero-order valence-electron chi connectivity index (χ0n) is 16.5. The SMILES string of the molecule is CC1(C)CC(=O)C(C=Nc2c(-c3ccccc3)cnn2-c2ccccc2)=C(O)C1. The van der Waals surface area contributed by atoms with Crippen molar-refractivity contribution in [2.45, 2.75) is 26.7 Å². The monoisotopic (exact) mass is 385 g/mol. The average Bonchev–Trinajstić information content (AvgIpc) is 3.12. The topological polar surface area (TPSA) is 67.5 Å². The van der Waals surface area contributed by atoms with Gasteiger partial charge in [-0.1, -0.05) is 62.4 Å². The zero-order valence-corrected chi connectivity index (χ0v) is 16.5.